The number of benzene rings is 1. The summed E-state index contributed by atoms with van der Waals surface area (Å²) in [5.41, 5.74) is -0.0578. The first-order valence-electron chi connectivity index (χ1n) is 13.9. The second-order valence-corrected chi connectivity index (χ2v) is 9.48. The van der Waals surface area contributed by atoms with Crippen LogP contribution in [-0.2, 0) is 9.59 Å². The maximum atomic E-state index is 13.2. The number of unbranched alkanes of at least 4 members (excludes halogenated alkanes) is 3. The van der Waals surface area contributed by atoms with Crippen LogP contribution in [0.5, 0.6) is 5.75 Å². The largest absolute Gasteiger partial charge is 0.494 e. The molecule has 0 aliphatic rings. The third-order valence-electron chi connectivity index (χ3n) is 6.14. The van der Waals surface area contributed by atoms with Gasteiger partial charge >= 0.3 is 0 Å². The Bertz CT molecular complexity index is 1260. The Hall–Kier alpha value is -4.88. The van der Waals surface area contributed by atoms with Crippen molar-refractivity contribution >= 4 is 35.3 Å². The lowest BCUT2D eigenvalue weighted by Crippen LogP contribution is -2.47. The molecule has 0 bridgehead atoms. The van der Waals surface area contributed by atoms with Crippen molar-refractivity contribution in [2.75, 3.05) is 30.5 Å². The molecule has 228 valence electrons. The molecule has 0 unspecified atom stereocenters. The van der Waals surface area contributed by atoms with Gasteiger partial charge in [0, 0.05) is 23.5 Å². The number of amides is 4. The molecule has 2 aromatic heterocycles. The van der Waals surface area contributed by atoms with Gasteiger partial charge in [-0.2, -0.15) is 0 Å². The highest BCUT2D eigenvalue weighted by atomic mass is 16.5. The van der Waals surface area contributed by atoms with Crippen molar-refractivity contribution in [3.05, 3.63) is 78.1 Å². The summed E-state index contributed by atoms with van der Waals surface area (Å²) in [6.07, 6.45) is 6.73. The lowest BCUT2D eigenvalue weighted by molar-refractivity contribution is -0.119. The Balaban J connectivity index is 1.77. The highest BCUT2D eigenvalue weighted by Gasteiger charge is 2.25. The lowest BCUT2D eigenvalue weighted by atomic mass is 10.1. The van der Waals surface area contributed by atoms with Gasteiger partial charge in [0.1, 0.15) is 29.5 Å². The highest BCUT2D eigenvalue weighted by molar-refractivity contribution is 6.04. The van der Waals surface area contributed by atoms with E-state index in [0.29, 0.717) is 6.61 Å². The number of pyridine rings is 2. The zero-order valence-corrected chi connectivity index (χ0v) is 23.8. The fraction of sp³-hybridized carbons (Fsp3) is 0.333. The molecule has 6 N–H and O–H groups in total. The molecule has 13 nitrogen and oxygen atoms in total. The summed E-state index contributed by atoms with van der Waals surface area (Å²) in [7, 11) is 0. The number of aromatic nitrogens is 2. The van der Waals surface area contributed by atoms with Crippen LogP contribution in [0.15, 0.2) is 67.0 Å². The number of carbonyl (C=O) groups is 4. The fourth-order valence-electron chi connectivity index (χ4n) is 3.83. The summed E-state index contributed by atoms with van der Waals surface area (Å²) >= 11 is 0. The van der Waals surface area contributed by atoms with Crippen molar-refractivity contribution in [1.29, 1.82) is 0 Å². The molecule has 2 heterocycles. The van der Waals surface area contributed by atoms with Crippen LogP contribution in [0, 0.1) is 0 Å². The van der Waals surface area contributed by atoms with E-state index in [0.717, 1.165) is 25.7 Å². The van der Waals surface area contributed by atoms with Gasteiger partial charge < -0.3 is 36.2 Å². The van der Waals surface area contributed by atoms with Crippen LogP contribution in [0.4, 0.5) is 11.6 Å². The minimum absolute atomic E-state index is 0.0289. The number of rotatable bonds is 16. The average molecular weight is 593 g/mol. The first-order chi connectivity index (χ1) is 20.8. The molecule has 0 aliphatic heterocycles. The number of ether oxygens (including phenoxy) is 1. The first-order valence-corrected chi connectivity index (χ1v) is 13.9. The van der Waals surface area contributed by atoms with E-state index in [1.54, 1.807) is 36.4 Å². The Labute approximate surface area is 249 Å². The predicted octanol–water partition coefficient (Wildman–Crippen LogP) is 1.89. The molecule has 1 aromatic carbocycles. The van der Waals surface area contributed by atoms with Gasteiger partial charge in [-0.3, -0.25) is 19.2 Å². The first kappa shape index (κ1) is 32.6. The molecule has 4 amide bonds. The van der Waals surface area contributed by atoms with Crippen LogP contribution in [0.3, 0.4) is 0 Å². The summed E-state index contributed by atoms with van der Waals surface area (Å²) in [5, 5.41) is 29.5. The number of aliphatic hydroxyl groups excluding tert-OH is 2. The molecule has 0 saturated carbocycles. The lowest BCUT2D eigenvalue weighted by Gasteiger charge is -2.18. The van der Waals surface area contributed by atoms with Crippen LogP contribution in [0.2, 0.25) is 0 Å². The molecule has 3 aromatic rings. The smallest absolute Gasteiger partial charge is 0.252 e. The van der Waals surface area contributed by atoms with E-state index in [1.807, 2.05) is 0 Å². The predicted molar refractivity (Wildman–Crippen MR) is 158 cm³/mol. The van der Waals surface area contributed by atoms with Crippen LogP contribution in [0.25, 0.3) is 0 Å². The van der Waals surface area contributed by atoms with Gasteiger partial charge in [0.2, 0.25) is 0 Å². The molecule has 0 fully saturated rings. The molecule has 13 heteroatoms. The van der Waals surface area contributed by atoms with Crippen LogP contribution in [-0.4, -0.2) is 75.7 Å². The van der Waals surface area contributed by atoms with Crippen molar-refractivity contribution in [1.82, 2.24) is 20.6 Å². The number of carbonyl (C=O) groups excluding carboxylic acids is 4. The van der Waals surface area contributed by atoms with Crippen LogP contribution in [0.1, 0.15) is 53.3 Å². The molecule has 0 aliphatic carbocycles. The zero-order valence-electron chi connectivity index (χ0n) is 23.8. The summed E-state index contributed by atoms with van der Waals surface area (Å²) < 4.78 is 5.82. The van der Waals surface area contributed by atoms with Crippen molar-refractivity contribution in [2.45, 2.75) is 44.7 Å². The van der Waals surface area contributed by atoms with E-state index in [4.69, 9.17) is 4.74 Å². The van der Waals surface area contributed by atoms with Crippen molar-refractivity contribution in [3.8, 4) is 5.75 Å². The third-order valence-corrected chi connectivity index (χ3v) is 6.14. The Kier molecular flexibility index (Phi) is 13.0. The second-order valence-electron chi connectivity index (χ2n) is 9.48. The van der Waals surface area contributed by atoms with Gasteiger partial charge in [-0.1, -0.05) is 38.3 Å². The molecule has 0 spiro atoms. The number of nitrogens with zero attached hydrogens (tertiary/aromatic N) is 2. The Morgan fingerprint density at radius 1 is 0.744 bits per heavy atom. The summed E-state index contributed by atoms with van der Waals surface area (Å²) in [5.74, 6) is -2.21. The van der Waals surface area contributed by atoms with Gasteiger partial charge in [-0.25, -0.2) is 9.97 Å². The molecule has 2 atom stereocenters. The molecule has 0 radical (unpaired) electrons. The highest BCUT2D eigenvalue weighted by Crippen LogP contribution is 2.19. The quantitative estimate of drug-likeness (QED) is 0.135. The van der Waals surface area contributed by atoms with Gasteiger partial charge in [-0.15, -0.1) is 0 Å². The maximum Gasteiger partial charge on any atom is 0.252 e. The fourth-order valence-corrected chi connectivity index (χ4v) is 3.83. The van der Waals surface area contributed by atoms with Crippen molar-refractivity contribution in [2.24, 2.45) is 0 Å². The van der Waals surface area contributed by atoms with Crippen molar-refractivity contribution < 1.29 is 34.1 Å². The minimum Gasteiger partial charge on any atom is -0.494 e. The van der Waals surface area contributed by atoms with Gasteiger partial charge in [-0.05, 0) is 48.9 Å². The minimum atomic E-state index is -1.32. The second kappa shape index (κ2) is 17.2. The standard InChI is InChI=1S/C30H36N6O7/c1-2-3-4-9-14-43-22-16-20(27(39)33-23(18-37)29(41)35-25-10-5-7-12-31-25)15-21(17-22)28(40)34-24(19-38)30(42)36-26-11-6-8-13-32-26/h5-8,10-13,15-17,23-24,37-38H,2-4,9,14,18-19H2,1H3,(H,33,39)(H,34,40)(H,31,35,41)(H,32,36,42)/t23-,24-/m0/s1. The summed E-state index contributed by atoms with van der Waals surface area (Å²) in [4.78, 5) is 59.7. The van der Waals surface area contributed by atoms with Crippen molar-refractivity contribution in [3.63, 3.8) is 0 Å². The van der Waals surface area contributed by atoms with E-state index in [1.165, 1.54) is 30.6 Å². The Morgan fingerprint density at radius 3 is 1.67 bits per heavy atom. The number of hydrogen-bond acceptors (Lipinski definition) is 9. The number of anilines is 2. The Morgan fingerprint density at radius 2 is 1.26 bits per heavy atom. The van der Waals surface area contributed by atoms with E-state index in [9.17, 15) is 29.4 Å². The third kappa shape index (κ3) is 10.5. The number of nitrogens with one attached hydrogen (secondary N) is 4. The van der Waals surface area contributed by atoms with Gasteiger partial charge in [0.15, 0.2) is 0 Å². The molecular weight excluding hydrogens is 556 g/mol. The topological polar surface area (TPSA) is 192 Å². The monoisotopic (exact) mass is 592 g/mol. The van der Waals surface area contributed by atoms with Gasteiger partial charge in [0.25, 0.3) is 23.6 Å². The molecule has 3 rings (SSSR count). The summed E-state index contributed by atoms with van der Waals surface area (Å²) in [6, 6.07) is 11.2. The zero-order chi connectivity index (χ0) is 31.0. The van der Waals surface area contributed by atoms with Crippen LogP contribution >= 0.6 is 0 Å². The molecule has 43 heavy (non-hydrogen) atoms. The molecular formula is C30H36N6O7. The average Bonchev–Trinajstić information content (AvgIpc) is 3.02. The van der Waals surface area contributed by atoms with E-state index < -0.39 is 48.9 Å². The van der Waals surface area contributed by atoms with Gasteiger partial charge in [0.05, 0.1) is 19.8 Å². The normalized spacial score (nSPS) is 12.0. The van der Waals surface area contributed by atoms with E-state index in [-0.39, 0.29) is 28.5 Å². The maximum absolute atomic E-state index is 13.2. The summed E-state index contributed by atoms with van der Waals surface area (Å²) in [6.45, 7) is 1.02. The van der Waals surface area contributed by atoms with Crippen LogP contribution < -0.4 is 26.0 Å². The van der Waals surface area contributed by atoms with E-state index >= 15 is 0 Å². The number of aliphatic hydroxyl groups is 2. The van der Waals surface area contributed by atoms with E-state index in [2.05, 4.69) is 38.2 Å². The SMILES string of the molecule is CCCCCCOc1cc(C(=O)N[C@@H](CO)C(=O)Nc2ccccn2)cc(C(=O)N[C@@H](CO)C(=O)Nc2ccccn2)c1. The number of hydrogen-bond donors (Lipinski definition) is 6. The molecule has 0 saturated heterocycles.